The monoisotopic (exact) mass is 318 g/mol. The predicted octanol–water partition coefficient (Wildman–Crippen LogP) is 7.14. The van der Waals surface area contributed by atoms with Crippen LogP contribution in [-0.2, 0) is 4.74 Å². The molecule has 0 N–H and O–H groups in total. The molecule has 0 amide bonds. The lowest BCUT2D eigenvalue weighted by Gasteiger charge is -2.01. The van der Waals surface area contributed by atoms with Gasteiger partial charge in [-0.15, -0.1) is 0 Å². The van der Waals surface area contributed by atoms with Crippen LogP contribution in [0, 0.1) is 0 Å². The molecule has 0 bridgehead atoms. The van der Waals surface area contributed by atoms with Crippen molar-refractivity contribution < 1.29 is 4.74 Å². The Labute approximate surface area is 144 Å². The molecule has 1 heterocycles. The molecule has 0 spiro atoms. The number of ether oxygens (including phenoxy) is 1. The molecule has 0 aromatic heterocycles. The van der Waals surface area contributed by atoms with Crippen LogP contribution < -0.4 is 0 Å². The maximum absolute atomic E-state index is 5.75. The van der Waals surface area contributed by atoms with E-state index in [9.17, 15) is 0 Å². The number of allylic oxidation sites excluding steroid dienone is 5. The summed E-state index contributed by atoms with van der Waals surface area (Å²) in [5, 5.41) is 0. The Morgan fingerprint density at radius 1 is 0.739 bits per heavy atom. The molecule has 1 aliphatic rings. The number of unbranched alkanes of at least 4 members (excludes halogenated alkanes) is 9. The van der Waals surface area contributed by atoms with Gasteiger partial charge in [-0.2, -0.15) is 0 Å². The number of hydrogen-bond acceptors (Lipinski definition) is 1. The fraction of sp³-hybridized carbons (Fsp3) is 0.727. The summed E-state index contributed by atoms with van der Waals surface area (Å²) in [4.78, 5) is 0. The Kier molecular flexibility index (Phi) is 13.0. The minimum Gasteiger partial charge on any atom is -0.370 e. The lowest BCUT2D eigenvalue weighted by atomic mass is 10.0. The third-order valence-corrected chi connectivity index (χ3v) is 4.63. The van der Waals surface area contributed by atoms with Gasteiger partial charge in [-0.3, -0.25) is 0 Å². The van der Waals surface area contributed by atoms with Crippen molar-refractivity contribution in [1.29, 1.82) is 0 Å². The maximum atomic E-state index is 5.75. The molecular formula is C22H38O. The Bertz CT molecular complexity index is 329. The smallest absolute Gasteiger partial charge is 0.0841 e. The molecule has 0 saturated carbocycles. The van der Waals surface area contributed by atoms with Crippen LogP contribution in [-0.4, -0.2) is 12.2 Å². The van der Waals surface area contributed by atoms with Gasteiger partial charge in [0, 0.05) is 0 Å². The fourth-order valence-electron chi connectivity index (χ4n) is 3.09. The molecule has 1 aliphatic heterocycles. The van der Waals surface area contributed by atoms with Crippen LogP contribution in [0.5, 0.6) is 0 Å². The standard InChI is InChI=1S/C22H38O/c1-3-5-7-8-9-10-11-12-13-14-15-16-18-20-22-21(23-22)19-17-6-4-2/h3,5,7-9,21-22H,1,4,6,10-20H2,2H3. The van der Waals surface area contributed by atoms with Gasteiger partial charge in [0.15, 0.2) is 0 Å². The summed E-state index contributed by atoms with van der Waals surface area (Å²) in [5.74, 6) is 0. The van der Waals surface area contributed by atoms with E-state index in [0.717, 1.165) is 0 Å². The first-order chi connectivity index (χ1) is 11.4. The van der Waals surface area contributed by atoms with Crippen LogP contribution in [0.4, 0.5) is 0 Å². The summed E-state index contributed by atoms with van der Waals surface area (Å²) >= 11 is 0. The highest BCUT2D eigenvalue weighted by molar-refractivity contribution is 5.08. The van der Waals surface area contributed by atoms with Crippen molar-refractivity contribution in [3.63, 3.8) is 0 Å². The molecule has 0 radical (unpaired) electrons. The van der Waals surface area contributed by atoms with E-state index in [-0.39, 0.29) is 0 Å². The highest BCUT2D eigenvalue weighted by atomic mass is 16.6. The summed E-state index contributed by atoms with van der Waals surface area (Å²) in [6, 6.07) is 0. The molecule has 1 saturated heterocycles. The van der Waals surface area contributed by atoms with Gasteiger partial charge in [-0.25, -0.2) is 0 Å². The molecule has 23 heavy (non-hydrogen) atoms. The van der Waals surface area contributed by atoms with Gasteiger partial charge in [-0.05, 0) is 25.7 Å². The Balaban J connectivity index is 1.75. The minimum absolute atomic E-state index is 0.619. The summed E-state index contributed by atoms with van der Waals surface area (Å²) in [5.41, 5.74) is 0. The van der Waals surface area contributed by atoms with Crippen molar-refractivity contribution in [2.24, 2.45) is 0 Å². The average molecular weight is 319 g/mol. The Morgan fingerprint density at radius 3 is 2.00 bits per heavy atom. The topological polar surface area (TPSA) is 12.5 Å². The van der Waals surface area contributed by atoms with Crippen molar-refractivity contribution in [1.82, 2.24) is 0 Å². The molecule has 0 aromatic carbocycles. The lowest BCUT2D eigenvalue weighted by Crippen LogP contribution is -1.94. The molecule has 0 aromatic rings. The van der Waals surface area contributed by atoms with E-state index in [4.69, 9.17) is 4.74 Å². The molecule has 132 valence electrons. The summed E-state index contributed by atoms with van der Waals surface area (Å²) in [6.45, 7) is 5.92. The SMILES string of the molecule is C=CC=CC=CCCCCCCCCCC1OC1CCCCC. The second-order valence-electron chi connectivity index (χ2n) is 6.81. The van der Waals surface area contributed by atoms with Gasteiger partial charge in [0.05, 0.1) is 12.2 Å². The van der Waals surface area contributed by atoms with E-state index in [1.54, 1.807) is 0 Å². The zero-order valence-electron chi connectivity index (χ0n) is 15.3. The molecule has 1 fully saturated rings. The summed E-state index contributed by atoms with van der Waals surface area (Å²) in [6.07, 6.45) is 29.0. The van der Waals surface area contributed by atoms with Gasteiger partial charge < -0.3 is 4.74 Å². The molecule has 0 aliphatic carbocycles. The quantitative estimate of drug-likeness (QED) is 0.167. The van der Waals surface area contributed by atoms with Crippen LogP contribution in [0.15, 0.2) is 37.0 Å². The molecule has 1 rings (SSSR count). The highest BCUT2D eigenvalue weighted by Gasteiger charge is 2.36. The van der Waals surface area contributed by atoms with E-state index in [2.05, 4.69) is 25.7 Å². The minimum atomic E-state index is 0.619. The van der Waals surface area contributed by atoms with Crippen molar-refractivity contribution in [3.8, 4) is 0 Å². The molecular weight excluding hydrogens is 280 g/mol. The van der Waals surface area contributed by atoms with Crippen LogP contribution in [0.25, 0.3) is 0 Å². The zero-order valence-corrected chi connectivity index (χ0v) is 15.3. The number of rotatable bonds is 16. The van der Waals surface area contributed by atoms with E-state index >= 15 is 0 Å². The second-order valence-corrected chi connectivity index (χ2v) is 6.81. The summed E-state index contributed by atoms with van der Waals surface area (Å²) in [7, 11) is 0. The van der Waals surface area contributed by atoms with Crippen LogP contribution in [0.3, 0.4) is 0 Å². The largest absolute Gasteiger partial charge is 0.370 e. The van der Waals surface area contributed by atoms with Crippen LogP contribution >= 0.6 is 0 Å². The first kappa shape index (κ1) is 20.2. The first-order valence-corrected chi connectivity index (χ1v) is 9.98. The van der Waals surface area contributed by atoms with Gasteiger partial charge in [0.1, 0.15) is 0 Å². The van der Waals surface area contributed by atoms with Gasteiger partial charge in [0.25, 0.3) is 0 Å². The zero-order chi connectivity index (χ0) is 16.6. The lowest BCUT2D eigenvalue weighted by molar-refractivity contribution is 0.348. The van der Waals surface area contributed by atoms with Crippen LogP contribution in [0.1, 0.15) is 90.4 Å². The number of epoxide rings is 1. The molecule has 2 unspecified atom stereocenters. The van der Waals surface area contributed by atoms with Crippen molar-refractivity contribution in [3.05, 3.63) is 37.0 Å². The van der Waals surface area contributed by atoms with Gasteiger partial charge in [0.2, 0.25) is 0 Å². The third kappa shape index (κ3) is 12.3. The molecule has 2 atom stereocenters. The van der Waals surface area contributed by atoms with Crippen molar-refractivity contribution >= 4 is 0 Å². The van der Waals surface area contributed by atoms with Crippen molar-refractivity contribution in [2.75, 3.05) is 0 Å². The predicted molar refractivity (Wildman–Crippen MR) is 103 cm³/mol. The van der Waals surface area contributed by atoms with E-state index < -0.39 is 0 Å². The van der Waals surface area contributed by atoms with E-state index in [1.807, 2.05) is 18.2 Å². The maximum Gasteiger partial charge on any atom is 0.0841 e. The molecule has 1 heteroatoms. The van der Waals surface area contributed by atoms with Gasteiger partial charge in [-0.1, -0.05) is 102 Å². The fourth-order valence-corrected chi connectivity index (χ4v) is 3.09. The second kappa shape index (κ2) is 14.8. The van der Waals surface area contributed by atoms with Gasteiger partial charge >= 0.3 is 0 Å². The van der Waals surface area contributed by atoms with Crippen LogP contribution in [0.2, 0.25) is 0 Å². The third-order valence-electron chi connectivity index (χ3n) is 4.63. The molecule has 1 nitrogen and oxygen atoms in total. The van der Waals surface area contributed by atoms with E-state index in [1.165, 1.54) is 83.5 Å². The Hall–Kier alpha value is -0.820. The normalized spacial score (nSPS) is 20.6. The van der Waals surface area contributed by atoms with E-state index in [0.29, 0.717) is 12.2 Å². The highest BCUT2D eigenvalue weighted by Crippen LogP contribution is 2.31. The average Bonchev–Trinajstić information content (AvgIpc) is 3.30. The first-order valence-electron chi connectivity index (χ1n) is 9.98. The Morgan fingerprint density at radius 2 is 1.35 bits per heavy atom. The van der Waals surface area contributed by atoms with Crippen molar-refractivity contribution in [2.45, 2.75) is 103 Å². The summed E-state index contributed by atoms with van der Waals surface area (Å²) < 4.78 is 5.75. The number of hydrogen-bond donors (Lipinski definition) is 0.